The summed E-state index contributed by atoms with van der Waals surface area (Å²) in [5.41, 5.74) is 4.23. The van der Waals surface area contributed by atoms with Gasteiger partial charge in [0.2, 0.25) is 0 Å². The molecule has 0 heterocycles. The second kappa shape index (κ2) is 10.7. The zero-order valence-electron chi connectivity index (χ0n) is 18.2. The lowest BCUT2D eigenvalue weighted by Crippen LogP contribution is -2.45. The Balaban J connectivity index is 2.22. The van der Waals surface area contributed by atoms with E-state index in [1.165, 1.54) is 12.2 Å². The van der Waals surface area contributed by atoms with Crippen LogP contribution >= 0.6 is 23.2 Å². The van der Waals surface area contributed by atoms with Crippen LogP contribution in [0.4, 0.5) is 0 Å². The summed E-state index contributed by atoms with van der Waals surface area (Å²) in [7, 11) is 0. The molecule has 0 fully saturated rings. The van der Waals surface area contributed by atoms with E-state index in [0.29, 0.717) is 21.2 Å². The third-order valence-corrected chi connectivity index (χ3v) is 6.55. The molecule has 8 heteroatoms. The molecule has 6 N–H and O–H groups in total. The van der Waals surface area contributed by atoms with Crippen LogP contribution in [-0.4, -0.2) is 55.1 Å². The number of halogens is 2. The molecule has 2 aromatic carbocycles. The minimum atomic E-state index is -1.99. The summed E-state index contributed by atoms with van der Waals surface area (Å²) in [6.07, 6.45) is -5.33. The summed E-state index contributed by atoms with van der Waals surface area (Å²) in [4.78, 5) is 0. The minimum absolute atomic E-state index is 0.548. The molecule has 6 nitrogen and oxygen atoms in total. The van der Waals surface area contributed by atoms with Gasteiger partial charge in [-0.3, -0.25) is 0 Å². The van der Waals surface area contributed by atoms with E-state index in [1.807, 2.05) is 0 Å². The standard InChI is InChI=1S/C24H28Cl2O6/c1-11-13(3)17(25)7-5-15(11)9-19(27)21(29)23(31)24(32)22(30)20(28)10-16-6-8-18(26)14(4)12(16)2/h5-10,21-24,27-32H,1-4H3/t21-,22+,23-,24-/m1/s1. The van der Waals surface area contributed by atoms with Gasteiger partial charge in [-0.1, -0.05) is 35.3 Å². The second-order valence-corrected chi connectivity index (χ2v) is 8.60. The van der Waals surface area contributed by atoms with Gasteiger partial charge in [0.15, 0.2) is 0 Å². The molecule has 0 saturated heterocycles. The number of rotatable bonds is 7. The predicted octanol–water partition coefficient (Wildman–Crippen LogP) is 4.17. The van der Waals surface area contributed by atoms with Crippen molar-refractivity contribution in [2.45, 2.75) is 52.1 Å². The first-order valence-corrected chi connectivity index (χ1v) is 10.7. The van der Waals surface area contributed by atoms with Gasteiger partial charge in [-0.25, -0.2) is 0 Å². The van der Waals surface area contributed by atoms with E-state index in [-0.39, 0.29) is 0 Å². The number of benzene rings is 2. The van der Waals surface area contributed by atoms with Gasteiger partial charge < -0.3 is 30.6 Å². The molecular formula is C24H28Cl2O6. The second-order valence-electron chi connectivity index (χ2n) is 7.78. The number of aliphatic hydroxyl groups excluding tert-OH is 6. The molecule has 2 aromatic rings. The molecule has 0 aliphatic carbocycles. The van der Waals surface area contributed by atoms with Crippen molar-refractivity contribution in [1.82, 2.24) is 0 Å². The predicted molar refractivity (Wildman–Crippen MR) is 127 cm³/mol. The maximum absolute atomic E-state index is 10.3. The Hall–Kier alpha value is -2.06. The SMILES string of the molecule is Cc1c(Cl)ccc(C=C(O)[C@@H](O)[C@@H](O)[C@H](O)[C@@H](O)C(O)=Cc2ccc(Cl)c(C)c2C)c1C. The summed E-state index contributed by atoms with van der Waals surface area (Å²) in [5.74, 6) is -1.25. The molecule has 0 amide bonds. The van der Waals surface area contributed by atoms with E-state index in [9.17, 15) is 30.6 Å². The Morgan fingerprint density at radius 2 is 0.938 bits per heavy atom. The molecular weight excluding hydrogens is 455 g/mol. The highest BCUT2D eigenvalue weighted by Crippen LogP contribution is 2.26. The molecule has 0 bridgehead atoms. The molecule has 0 aliphatic rings. The Labute approximate surface area is 197 Å². The normalized spacial score (nSPS) is 16.6. The van der Waals surface area contributed by atoms with Crippen LogP contribution in [0.25, 0.3) is 12.2 Å². The van der Waals surface area contributed by atoms with Crippen molar-refractivity contribution >= 4 is 35.4 Å². The molecule has 0 spiro atoms. The third-order valence-electron chi connectivity index (χ3n) is 5.74. The Morgan fingerprint density at radius 3 is 1.25 bits per heavy atom. The van der Waals surface area contributed by atoms with Crippen molar-refractivity contribution in [3.63, 3.8) is 0 Å². The number of hydrogen-bond acceptors (Lipinski definition) is 6. The van der Waals surface area contributed by atoms with E-state index >= 15 is 0 Å². The lowest BCUT2D eigenvalue weighted by atomic mass is 9.96. The van der Waals surface area contributed by atoms with Gasteiger partial charge in [0.1, 0.15) is 35.9 Å². The molecule has 0 saturated carbocycles. The highest BCUT2D eigenvalue weighted by atomic mass is 35.5. The van der Waals surface area contributed by atoms with Crippen molar-refractivity contribution in [3.05, 3.63) is 79.2 Å². The van der Waals surface area contributed by atoms with Crippen molar-refractivity contribution in [3.8, 4) is 0 Å². The summed E-state index contributed by atoms with van der Waals surface area (Å²) in [5, 5.41) is 62.8. The van der Waals surface area contributed by atoms with Gasteiger partial charge >= 0.3 is 0 Å². The van der Waals surface area contributed by atoms with Gasteiger partial charge in [0.05, 0.1) is 0 Å². The van der Waals surface area contributed by atoms with E-state index in [1.54, 1.807) is 52.0 Å². The zero-order chi connectivity index (χ0) is 24.3. The molecule has 174 valence electrons. The van der Waals surface area contributed by atoms with E-state index < -0.39 is 35.9 Å². The van der Waals surface area contributed by atoms with E-state index in [4.69, 9.17) is 23.2 Å². The van der Waals surface area contributed by atoms with Crippen molar-refractivity contribution in [2.24, 2.45) is 0 Å². The zero-order valence-corrected chi connectivity index (χ0v) is 19.7. The Bertz CT molecular complexity index is 964. The summed E-state index contributed by atoms with van der Waals surface area (Å²) >= 11 is 12.1. The lowest BCUT2D eigenvalue weighted by Gasteiger charge is -2.26. The maximum Gasteiger partial charge on any atom is 0.139 e. The number of hydrogen-bond donors (Lipinski definition) is 6. The molecule has 32 heavy (non-hydrogen) atoms. The van der Waals surface area contributed by atoms with Crippen LogP contribution < -0.4 is 0 Å². The van der Waals surface area contributed by atoms with Crippen molar-refractivity contribution in [1.29, 1.82) is 0 Å². The summed E-state index contributed by atoms with van der Waals surface area (Å²) < 4.78 is 0. The van der Waals surface area contributed by atoms with Crippen LogP contribution in [0.3, 0.4) is 0 Å². The third kappa shape index (κ3) is 5.64. The van der Waals surface area contributed by atoms with Gasteiger partial charge in [0, 0.05) is 10.0 Å². The van der Waals surface area contributed by atoms with Crippen LogP contribution in [0, 0.1) is 27.7 Å². The minimum Gasteiger partial charge on any atom is -0.509 e. The topological polar surface area (TPSA) is 121 Å². The van der Waals surface area contributed by atoms with E-state index in [2.05, 4.69) is 0 Å². The highest BCUT2D eigenvalue weighted by Gasteiger charge is 2.34. The van der Waals surface area contributed by atoms with Crippen LogP contribution in [0.5, 0.6) is 0 Å². The first-order valence-electron chi connectivity index (χ1n) is 9.91. The average molecular weight is 483 g/mol. The molecule has 4 atom stereocenters. The van der Waals surface area contributed by atoms with Gasteiger partial charge in [0.25, 0.3) is 0 Å². The summed E-state index contributed by atoms with van der Waals surface area (Å²) in [6.45, 7) is 7.17. The molecule has 0 unspecified atom stereocenters. The Morgan fingerprint density at radius 1 is 0.625 bits per heavy atom. The fraction of sp³-hybridized carbons (Fsp3) is 0.333. The smallest absolute Gasteiger partial charge is 0.139 e. The molecule has 0 aliphatic heterocycles. The molecule has 0 aromatic heterocycles. The van der Waals surface area contributed by atoms with Crippen molar-refractivity contribution in [2.75, 3.05) is 0 Å². The van der Waals surface area contributed by atoms with Gasteiger partial charge in [-0.2, -0.15) is 0 Å². The van der Waals surface area contributed by atoms with Crippen molar-refractivity contribution < 1.29 is 30.6 Å². The Kier molecular flexibility index (Phi) is 8.76. The summed E-state index contributed by atoms with van der Waals surface area (Å²) in [6, 6.07) is 6.54. The largest absolute Gasteiger partial charge is 0.509 e. The maximum atomic E-state index is 10.3. The monoisotopic (exact) mass is 482 g/mol. The first-order chi connectivity index (χ1) is 14.9. The lowest BCUT2D eigenvalue weighted by molar-refractivity contribution is -0.0996. The van der Waals surface area contributed by atoms with Crippen LogP contribution in [0.1, 0.15) is 33.4 Å². The average Bonchev–Trinajstić information content (AvgIpc) is 2.77. The van der Waals surface area contributed by atoms with Gasteiger partial charge in [-0.15, -0.1) is 0 Å². The van der Waals surface area contributed by atoms with Gasteiger partial charge in [-0.05, 0) is 85.4 Å². The molecule has 2 rings (SSSR count). The van der Waals surface area contributed by atoms with Crippen LogP contribution in [0.15, 0.2) is 35.8 Å². The van der Waals surface area contributed by atoms with Crippen LogP contribution in [0.2, 0.25) is 10.0 Å². The number of aliphatic hydroxyl groups is 6. The fourth-order valence-corrected chi connectivity index (χ4v) is 3.55. The van der Waals surface area contributed by atoms with E-state index in [0.717, 1.165) is 22.3 Å². The fourth-order valence-electron chi connectivity index (χ4n) is 3.14. The first kappa shape index (κ1) is 26.2. The highest BCUT2D eigenvalue weighted by molar-refractivity contribution is 6.31. The van der Waals surface area contributed by atoms with Crippen LogP contribution in [-0.2, 0) is 0 Å². The molecule has 0 radical (unpaired) electrons. The quantitative estimate of drug-likeness (QED) is 0.329.